The van der Waals surface area contributed by atoms with Crippen molar-refractivity contribution in [3.8, 4) is 0 Å². The number of likely N-dealkylation sites (tertiary alicyclic amines) is 1. The van der Waals surface area contributed by atoms with Gasteiger partial charge in [0.05, 0.1) is 6.54 Å². The SMILES string of the molecule is CCN(Cc1ccccc1)C(=O)CNC(=NC)NC1CCN(C(=O)C(C)C)C1.I. The van der Waals surface area contributed by atoms with E-state index < -0.39 is 0 Å². The number of carbonyl (C=O) groups excluding carboxylic acids is 2. The zero-order chi connectivity index (χ0) is 20.5. The van der Waals surface area contributed by atoms with Crippen molar-refractivity contribution >= 4 is 41.8 Å². The van der Waals surface area contributed by atoms with Crippen LogP contribution in [0.3, 0.4) is 0 Å². The second kappa shape index (κ2) is 12.7. The van der Waals surface area contributed by atoms with E-state index in [9.17, 15) is 9.59 Å². The van der Waals surface area contributed by atoms with Gasteiger partial charge in [-0.15, -0.1) is 24.0 Å². The highest BCUT2D eigenvalue weighted by atomic mass is 127. The topological polar surface area (TPSA) is 77.0 Å². The van der Waals surface area contributed by atoms with E-state index in [1.807, 2.05) is 60.9 Å². The zero-order valence-corrected chi connectivity index (χ0v) is 20.2. The molecule has 7 nitrogen and oxygen atoms in total. The van der Waals surface area contributed by atoms with Crippen molar-refractivity contribution in [3.05, 3.63) is 35.9 Å². The van der Waals surface area contributed by atoms with E-state index in [-0.39, 0.29) is 54.3 Å². The van der Waals surface area contributed by atoms with Gasteiger partial charge in [-0.25, -0.2) is 0 Å². The van der Waals surface area contributed by atoms with Crippen LogP contribution >= 0.6 is 24.0 Å². The van der Waals surface area contributed by atoms with E-state index >= 15 is 0 Å². The highest BCUT2D eigenvalue weighted by Crippen LogP contribution is 2.12. The Balaban J connectivity index is 0.00000420. The van der Waals surface area contributed by atoms with Gasteiger partial charge in [0.25, 0.3) is 0 Å². The summed E-state index contributed by atoms with van der Waals surface area (Å²) in [6.45, 7) is 8.67. The highest BCUT2D eigenvalue weighted by Gasteiger charge is 2.28. The number of benzene rings is 1. The lowest BCUT2D eigenvalue weighted by Crippen LogP contribution is -2.48. The van der Waals surface area contributed by atoms with Crippen LogP contribution in [0.2, 0.25) is 0 Å². The molecule has 29 heavy (non-hydrogen) atoms. The number of aliphatic imine (C=N–C) groups is 1. The molecule has 1 heterocycles. The third-order valence-electron chi connectivity index (χ3n) is 4.92. The molecule has 1 saturated heterocycles. The Labute approximate surface area is 191 Å². The average Bonchev–Trinajstić information content (AvgIpc) is 3.17. The largest absolute Gasteiger partial charge is 0.352 e. The lowest BCUT2D eigenvalue weighted by Gasteiger charge is -2.23. The second-order valence-corrected chi connectivity index (χ2v) is 7.39. The van der Waals surface area contributed by atoms with Crippen molar-refractivity contribution in [2.45, 2.75) is 39.8 Å². The first-order valence-corrected chi connectivity index (χ1v) is 10.0. The van der Waals surface area contributed by atoms with Gasteiger partial charge in [0.15, 0.2) is 5.96 Å². The van der Waals surface area contributed by atoms with Crippen LogP contribution in [0.25, 0.3) is 0 Å². The predicted octanol–water partition coefficient (Wildman–Crippen LogP) is 2.07. The molecule has 2 amide bonds. The minimum Gasteiger partial charge on any atom is -0.352 e. The molecule has 2 rings (SSSR count). The number of hydrogen-bond donors (Lipinski definition) is 2. The fraction of sp³-hybridized carbons (Fsp3) is 0.571. The molecule has 1 unspecified atom stereocenters. The fourth-order valence-electron chi connectivity index (χ4n) is 3.28. The summed E-state index contributed by atoms with van der Waals surface area (Å²) < 4.78 is 0. The Morgan fingerprint density at radius 1 is 1.28 bits per heavy atom. The number of rotatable bonds is 7. The number of guanidine groups is 1. The van der Waals surface area contributed by atoms with Crippen LogP contribution in [0, 0.1) is 5.92 Å². The van der Waals surface area contributed by atoms with Gasteiger partial charge in [0, 0.05) is 45.2 Å². The number of amides is 2. The zero-order valence-electron chi connectivity index (χ0n) is 17.9. The lowest BCUT2D eigenvalue weighted by molar-refractivity contribution is -0.133. The Bertz CT molecular complexity index is 681. The number of nitrogens with zero attached hydrogens (tertiary/aromatic N) is 3. The van der Waals surface area contributed by atoms with E-state index in [1.54, 1.807) is 7.05 Å². The summed E-state index contributed by atoms with van der Waals surface area (Å²) in [5, 5.41) is 6.43. The van der Waals surface area contributed by atoms with E-state index in [0.717, 1.165) is 18.5 Å². The fourth-order valence-corrected chi connectivity index (χ4v) is 3.28. The molecule has 0 aromatic heterocycles. The first-order chi connectivity index (χ1) is 13.4. The van der Waals surface area contributed by atoms with Crippen molar-refractivity contribution in [1.29, 1.82) is 0 Å². The summed E-state index contributed by atoms with van der Waals surface area (Å²) in [5.74, 6) is 0.811. The molecule has 1 aromatic rings. The number of halogens is 1. The average molecular weight is 515 g/mol. The van der Waals surface area contributed by atoms with Gasteiger partial charge in [-0.1, -0.05) is 44.2 Å². The van der Waals surface area contributed by atoms with E-state index in [4.69, 9.17) is 0 Å². The molecule has 1 atom stereocenters. The predicted molar refractivity (Wildman–Crippen MR) is 127 cm³/mol. The summed E-state index contributed by atoms with van der Waals surface area (Å²) in [6, 6.07) is 10.1. The molecule has 2 N–H and O–H groups in total. The van der Waals surface area contributed by atoms with Crippen molar-refractivity contribution in [2.75, 3.05) is 33.2 Å². The monoisotopic (exact) mass is 515 g/mol. The van der Waals surface area contributed by atoms with Crippen LogP contribution in [0.4, 0.5) is 0 Å². The summed E-state index contributed by atoms with van der Waals surface area (Å²) >= 11 is 0. The smallest absolute Gasteiger partial charge is 0.242 e. The molecule has 1 aliphatic rings. The van der Waals surface area contributed by atoms with Crippen molar-refractivity contribution in [3.63, 3.8) is 0 Å². The molecule has 1 aliphatic heterocycles. The maximum Gasteiger partial charge on any atom is 0.242 e. The Morgan fingerprint density at radius 2 is 1.97 bits per heavy atom. The Hall–Kier alpha value is -1.84. The molecular formula is C21H34IN5O2. The standard InChI is InChI=1S/C21H33N5O2.HI/c1-5-25(14-17-9-7-6-8-10-17)19(27)13-23-21(22-4)24-18-11-12-26(15-18)20(28)16(2)3;/h6-10,16,18H,5,11-15H2,1-4H3,(H2,22,23,24);1H. The van der Waals surface area contributed by atoms with Gasteiger partial charge in [-0.2, -0.15) is 0 Å². The normalized spacial score (nSPS) is 16.4. The Kier molecular flexibility index (Phi) is 11.0. The number of nitrogens with one attached hydrogen (secondary N) is 2. The lowest BCUT2D eigenvalue weighted by atomic mass is 10.2. The minimum absolute atomic E-state index is 0. The van der Waals surface area contributed by atoms with Crippen LogP contribution in [0.1, 0.15) is 32.8 Å². The molecule has 162 valence electrons. The van der Waals surface area contributed by atoms with E-state index in [1.165, 1.54) is 0 Å². The maximum absolute atomic E-state index is 12.6. The van der Waals surface area contributed by atoms with Crippen LogP contribution in [-0.2, 0) is 16.1 Å². The molecule has 0 radical (unpaired) electrons. The second-order valence-electron chi connectivity index (χ2n) is 7.39. The summed E-state index contributed by atoms with van der Waals surface area (Å²) in [5.41, 5.74) is 1.11. The van der Waals surface area contributed by atoms with Gasteiger partial charge in [0.1, 0.15) is 0 Å². The summed E-state index contributed by atoms with van der Waals surface area (Å²) in [4.78, 5) is 32.6. The van der Waals surface area contributed by atoms with Crippen molar-refractivity contribution < 1.29 is 9.59 Å². The van der Waals surface area contributed by atoms with Crippen molar-refractivity contribution in [1.82, 2.24) is 20.4 Å². The van der Waals surface area contributed by atoms with Gasteiger partial charge in [0.2, 0.25) is 11.8 Å². The summed E-state index contributed by atoms with van der Waals surface area (Å²) in [7, 11) is 1.69. The number of carbonyl (C=O) groups is 2. The van der Waals surface area contributed by atoms with Gasteiger partial charge in [-0.3, -0.25) is 14.6 Å². The highest BCUT2D eigenvalue weighted by molar-refractivity contribution is 14.0. The van der Waals surface area contributed by atoms with E-state index in [0.29, 0.717) is 25.6 Å². The third kappa shape index (κ3) is 7.83. The third-order valence-corrected chi connectivity index (χ3v) is 4.92. The van der Waals surface area contributed by atoms with Crippen LogP contribution in [0.15, 0.2) is 35.3 Å². The molecule has 0 bridgehead atoms. The number of hydrogen-bond acceptors (Lipinski definition) is 3. The molecule has 1 aromatic carbocycles. The molecular weight excluding hydrogens is 481 g/mol. The molecule has 0 aliphatic carbocycles. The first-order valence-electron chi connectivity index (χ1n) is 10.0. The quantitative estimate of drug-likeness (QED) is 0.331. The minimum atomic E-state index is 0. The summed E-state index contributed by atoms with van der Waals surface area (Å²) in [6.07, 6.45) is 0.877. The van der Waals surface area contributed by atoms with Crippen LogP contribution < -0.4 is 10.6 Å². The van der Waals surface area contributed by atoms with E-state index in [2.05, 4.69) is 15.6 Å². The molecule has 0 spiro atoms. The van der Waals surface area contributed by atoms with Crippen LogP contribution in [-0.4, -0.2) is 66.8 Å². The first kappa shape index (κ1) is 25.2. The van der Waals surface area contributed by atoms with Crippen LogP contribution in [0.5, 0.6) is 0 Å². The van der Waals surface area contributed by atoms with Gasteiger partial charge < -0.3 is 20.4 Å². The van der Waals surface area contributed by atoms with Crippen molar-refractivity contribution in [2.24, 2.45) is 10.9 Å². The maximum atomic E-state index is 12.6. The number of likely N-dealkylation sites (N-methyl/N-ethyl adjacent to an activating group) is 1. The molecule has 8 heteroatoms. The van der Waals surface area contributed by atoms with Gasteiger partial charge in [-0.05, 0) is 18.9 Å². The van der Waals surface area contributed by atoms with Gasteiger partial charge >= 0.3 is 0 Å². The molecule has 1 fully saturated rings. The Morgan fingerprint density at radius 3 is 2.55 bits per heavy atom. The molecule has 0 saturated carbocycles.